The summed E-state index contributed by atoms with van der Waals surface area (Å²) < 4.78 is 84.1. The Morgan fingerprint density at radius 1 is 0.329 bits per heavy atom. The van der Waals surface area contributed by atoms with Gasteiger partial charge < -0.3 is 28.1 Å². The largest absolute Gasteiger partial charge is 2.00 e. The summed E-state index contributed by atoms with van der Waals surface area (Å²) in [6.07, 6.45) is 40.5. The average molecular weight is 1090 g/mol. The molecule has 0 bridgehead atoms. The van der Waals surface area contributed by atoms with Crippen molar-refractivity contribution in [3.05, 3.63) is 70.8 Å². The minimum absolute atomic E-state index is 0. The predicted octanol–water partition coefficient (Wildman–Crippen LogP) is 13.2. The number of carbonyl (C=O) groups is 4. The molecule has 17 heteroatoms. The van der Waals surface area contributed by atoms with Crippen molar-refractivity contribution >= 4 is 81.9 Å². The van der Waals surface area contributed by atoms with E-state index in [0.717, 1.165) is 38.5 Å². The van der Waals surface area contributed by atoms with Crippen molar-refractivity contribution in [2.75, 3.05) is 37.9 Å². The van der Waals surface area contributed by atoms with Crippen LogP contribution in [-0.2, 0) is 39.2 Å². The van der Waals surface area contributed by atoms with E-state index in [9.17, 15) is 45.1 Å². The maximum absolute atomic E-state index is 12.4. The summed E-state index contributed by atoms with van der Waals surface area (Å²) in [7, 11) is -8.96. The zero-order chi connectivity index (χ0) is 53.0. The molecule has 0 aromatic heterocycles. The third-order valence-electron chi connectivity index (χ3n) is 12.3. The van der Waals surface area contributed by atoms with Crippen molar-refractivity contribution in [1.82, 2.24) is 0 Å². The molecule has 0 aliphatic rings. The molecule has 14 nitrogen and oxygen atoms in total. The van der Waals surface area contributed by atoms with E-state index in [1.54, 1.807) is 24.3 Å². The molecule has 0 saturated heterocycles. The molecule has 0 N–H and O–H groups in total. The Labute approximate surface area is 470 Å². The van der Waals surface area contributed by atoms with Crippen LogP contribution in [0.5, 0.6) is 0 Å². The second-order valence-electron chi connectivity index (χ2n) is 18.8. The van der Waals surface area contributed by atoms with Gasteiger partial charge in [-0.1, -0.05) is 231 Å². The minimum Gasteiger partial charge on any atom is -0.748 e. The van der Waals surface area contributed by atoms with Crippen LogP contribution in [-0.4, -0.2) is 125 Å². The van der Waals surface area contributed by atoms with Crippen molar-refractivity contribution in [2.24, 2.45) is 0 Å². The van der Waals surface area contributed by atoms with Crippen LogP contribution < -0.4 is 0 Å². The zero-order valence-corrected chi connectivity index (χ0v) is 48.6. The standard InChI is InChI=1S/2C28H46O7S.Ca/c2*1-2-3-4-5-6-7-8-9-10-11-12-13-14-15-16-19-22-34-27(29)25-20-17-18-21-26(25)28(30)35-23-24-36(31,32)33;/h2*17-18,20-21H,2-16,19,22-24H2,1H3,(H,31,32,33);/q;;+2/p-2. The molecule has 412 valence electrons. The molecule has 2 aromatic carbocycles. The summed E-state index contributed by atoms with van der Waals surface area (Å²) in [6.45, 7) is 3.93. The van der Waals surface area contributed by atoms with Crippen molar-refractivity contribution in [3.63, 3.8) is 0 Å². The monoisotopic (exact) mass is 1090 g/mol. The normalized spacial score (nSPS) is 11.2. The Kier molecular flexibility index (Phi) is 45.0. The summed E-state index contributed by atoms with van der Waals surface area (Å²) in [5.74, 6) is -4.61. The zero-order valence-electron chi connectivity index (χ0n) is 44.7. The Morgan fingerprint density at radius 3 is 0.699 bits per heavy atom. The third-order valence-corrected chi connectivity index (χ3v) is 13.7. The van der Waals surface area contributed by atoms with Crippen LogP contribution in [0, 0.1) is 0 Å². The first-order valence-electron chi connectivity index (χ1n) is 27.4. The maximum atomic E-state index is 12.4. The van der Waals surface area contributed by atoms with Crippen LogP contribution in [0.1, 0.15) is 261 Å². The summed E-state index contributed by atoms with van der Waals surface area (Å²) in [5.41, 5.74) is 0.0866. The first-order chi connectivity index (χ1) is 34.7. The number of unbranched alkanes of at least 4 members (excludes halogenated alkanes) is 30. The van der Waals surface area contributed by atoms with Crippen LogP contribution in [0.15, 0.2) is 48.5 Å². The van der Waals surface area contributed by atoms with E-state index in [1.165, 1.54) is 191 Å². The molecule has 0 saturated carbocycles. The Bertz CT molecular complexity index is 1820. The molecule has 2 aromatic rings. The van der Waals surface area contributed by atoms with Crippen LogP contribution in [0.2, 0.25) is 0 Å². The molecule has 0 heterocycles. The number of hydrogen-bond donors (Lipinski definition) is 0. The summed E-state index contributed by atoms with van der Waals surface area (Å²) >= 11 is 0. The number of rotatable bonds is 44. The third kappa shape index (κ3) is 41.3. The minimum atomic E-state index is -4.48. The van der Waals surface area contributed by atoms with E-state index in [2.05, 4.69) is 13.8 Å². The molecule has 0 aliphatic carbocycles. The Balaban J connectivity index is 0.00000140. The van der Waals surface area contributed by atoms with Gasteiger partial charge in [-0.2, -0.15) is 0 Å². The van der Waals surface area contributed by atoms with Gasteiger partial charge in [0.1, 0.15) is 13.2 Å². The molecule has 73 heavy (non-hydrogen) atoms. The van der Waals surface area contributed by atoms with E-state index in [0.29, 0.717) is 0 Å². The van der Waals surface area contributed by atoms with Gasteiger partial charge >= 0.3 is 61.6 Å². The van der Waals surface area contributed by atoms with E-state index < -0.39 is 68.8 Å². The van der Waals surface area contributed by atoms with E-state index in [1.807, 2.05) is 0 Å². The number of benzene rings is 2. The van der Waals surface area contributed by atoms with Crippen LogP contribution in [0.25, 0.3) is 0 Å². The molecule has 0 aliphatic heterocycles. The van der Waals surface area contributed by atoms with Gasteiger partial charge in [-0.25, -0.2) is 36.0 Å². The summed E-state index contributed by atoms with van der Waals surface area (Å²) in [4.78, 5) is 49.1. The number of ether oxygens (including phenoxy) is 4. The van der Waals surface area contributed by atoms with Gasteiger partial charge in [-0.05, 0) is 37.1 Å². The Morgan fingerprint density at radius 2 is 0.507 bits per heavy atom. The van der Waals surface area contributed by atoms with E-state index in [-0.39, 0.29) is 73.2 Å². The van der Waals surface area contributed by atoms with Gasteiger partial charge in [0.15, 0.2) is 0 Å². The molecule has 0 radical (unpaired) electrons. The molecule has 0 unspecified atom stereocenters. The molecule has 2 rings (SSSR count). The number of esters is 4. The topological polar surface area (TPSA) is 220 Å². The molecular formula is C56H90CaO14S2. The van der Waals surface area contributed by atoms with Crippen molar-refractivity contribution in [3.8, 4) is 0 Å². The Hall–Kier alpha value is -2.60. The second kappa shape index (κ2) is 46.7. The van der Waals surface area contributed by atoms with E-state index in [4.69, 9.17) is 18.9 Å². The predicted molar refractivity (Wildman–Crippen MR) is 288 cm³/mol. The summed E-state index contributed by atoms with van der Waals surface area (Å²) in [6, 6.07) is 12.0. The molecule has 0 fully saturated rings. The van der Waals surface area contributed by atoms with Gasteiger partial charge in [0.05, 0.1) is 67.2 Å². The molecular weight excluding hydrogens is 1000 g/mol. The maximum Gasteiger partial charge on any atom is 2.00 e. The average Bonchev–Trinajstić information content (AvgIpc) is 3.35. The number of carbonyl (C=O) groups excluding carboxylic acids is 4. The SMILES string of the molecule is CCCCCCCCCCCCCCCCCCOC(=O)c1ccccc1C(=O)OCCS(=O)(=O)[O-].CCCCCCCCCCCCCCCCCCOC(=O)c1ccccc1C(=O)OCCS(=O)(=O)[O-].[Ca+2]. The fourth-order valence-corrected chi connectivity index (χ4v) is 8.67. The van der Waals surface area contributed by atoms with Gasteiger partial charge in [0.2, 0.25) is 0 Å². The summed E-state index contributed by atoms with van der Waals surface area (Å²) in [5, 5.41) is 0. The molecule has 0 amide bonds. The van der Waals surface area contributed by atoms with Crippen molar-refractivity contribution in [2.45, 2.75) is 219 Å². The van der Waals surface area contributed by atoms with Gasteiger partial charge in [-0.3, -0.25) is 0 Å². The fourth-order valence-electron chi connectivity index (χ4n) is 8.09. The first-order valence-corrected chi connectivity index (χ1v) is 30.6. The van der Waals surface area contributed by atoms with Crippen molar-refractivity contribution in [1.29, 1.82) is 0 Å². The van der Waals surface area contributed by atoms with Crippen molar-refractivity contribution < 1.29 is 64.1 Å². The van der Waals surface area contributed by atoms with Crippen LogP contribution in [0.4, 0.5) is 0 Å². The molecule has 0 atom stereocenters. The quantitative estimate of drug-likeness (QED) is 0.0198. The van der Waals surface area contributed by atoms with Crippen LogP contribution in [0.3, 0.4) is 0 Å². The first kappa shape index (κ1) is 70.4. The van der Waals surface area contributed by atoms with Gasteiger partial charge in [0, 0.05) is 0 Å². The van der Waals surface area contributed by atoms with Crippen LogP contribution >= 0.6 is 0 Å². The second-order valence-corrected chi connectivity index (χ2v) is 21.8. The molecule has 0 spiro atoms. The smallest absolute Gasteiger partial charge is 0.748 e. The number of hydrogen-bond acceptors (Lipinski definition) is 14. The fraction of sp³-hybridized carbons (Fsp3) is 0.714. The van der Waals surface area contributed by atoms with Gasteiger partial charge in [0.25, 0.3) is 0 Å². The van der Waals surface area contributed by atoms with Gasteiger partial charge in [-0.15, -0.1) is 0 Å². The van der Waals surface area contributed by atoms with E-state index >= 15 is 0 Å².